The number of nitrogens with one attached hydrogen (secondary N) is 2. The summed E-state index contributed by atoms with van der Waals surface area (Å²) in [4.78, 5) is 16.8. The Hall–Kier alpha value is -2.17. The summed E-state index contributed by atoms with van der Waals surface area (Å²) in [5.74, 6) is 5.79. The number of rotatable bonds is 16. The average Bonchev–Trinajstić information content (AvgIpc) is 3.16. The van der Waals surface area contributed by atoms with Gasteiger partial charge in [-0.2, -0.15) is 23.5 Å². The summed E-state index contributed by atoms with van der Waals surface area (Å²) in [6.07, 6.45) is 3.71. The van der Waals surface area contributed by atoms with Gasteiger partial charge in [-0.3, -0.25) is 15.1 Å². The summed E-state index contributed by atoms with van der Waals surface area (Å²) in [6, 6.07) is 9.93. The minimum atomic E-state index is -0.439. The quantitative estimate of drug-likeness (QED) is 0.220. The van der Waals surface area contributed by atoms with Crippen molar-refractivity contribution in [3.05, 3.63) is 75.9 Å². The number of aromatic nitrogens is 1. The molecule has 2 heterocycles. The molecule has 10 heteroatoms. The predicted octanol–water partition coefficient (Wildman–Crippen LogP) is 3.20. The molecule has 0 amide bonds. The highest BCUT2D eigenvalue weighted by molar-refractivity contribution is 7.99. The van der Waals surface area contributed by atoms with E-state index in [2.05, 4.69) is 20.5 Å². The summed E-state index contributed by atoms with van der Waals surface area (Å²) in [7, 11) is 4.02. The molecule has 8 nitrogen and oxygen atoms in total. The highest BCUT2D eigenvalue weighted by Gasteiger charge is 2.05. The van der Waals surface area contributed by atoms with Gasteiger partial charge in [-0.15, -0.1) is 0 Å². The molecule has 0 atom stereocenters. The van der Waals surface area contributed by atoms with Crippen LogP contribution in [0.4, 0.5) is 0 Å². The lowest BCUT2D eigenvalue weighted by molar-refractivity contribution is -0.404. The maximum atomic E-state index is 10.9. The number of furan rings is 1. The van der Waals surface area contributed by atoms with Crippen molar-refractivity contribution in [3.63, 3.8) is 0 Å². The van der Waals surface area contributed by atoms with E-state index < -0.39 is 4.92 Å². The summed E-state index contributed by atoms with van der Waals surface area (Å²) in [5.41, 5.74) is 1.08. The Morgan fingerprint density at radius 1 is 1.13 bits per heavy atom. The van der Waals surface area contributed by atoms with E-state index in [4.69, 9.17) is 4.42 Å². The number of hydrogen-bond donors (Lipinski definition) is 2. The lowest BCUT2D eigenvalue weighted by Crippen LogP contribution is -2.30. The van der Waals surface area contributed by atoms with E-state index in [1.807, 2.05) is 44.4 Å². The van der Waals surface area contributed by atoms with Gasteiger partial charge >= 0.3 is 0 Å². The molecule has 0 aliphatic heterocycles. The topological polar surface area (TPSA) is 96.5 Å². The molecule has 0 aromatic carbocycles. The van der Waals surface area contributed by atoms with E-state index >= 15 is 0 Å². The van der Waals surface area contributed by atoms with Crippen molar-refractivity contribution < 1.29 is 9.34 Å². The molecule has 2 aromatic heterocycles. The lowest BCUT2D eigenvalue weighted by Gasteiger charge is -2.11. The van der Waals surface area contributed by atoms with Gasteiger partial charge in [-0.1, -0.05) is 6.07 Å². The van der Waals surface area contributed by atoms with Gasteiger partial charge in [-0.05, 0) is 50.5 Å². The van der Waals surface area contributed by atoms with Crippen LogP contribution in [0.2, 0.25) is 0 Å². The van der Waals surface area contributed by atoms with Gasteiger partial charge in [-0.25, -0.2) is 0 Å². The van der Waals surface area contributed by atoms with E-state index in [1.165, 1.54) is 0 Å². The molecule has 170 valence electrons. The molecule has 0 spiro atoms. The Balaban J connectivity index is 1.58. The maximum absolute atomic E-state index is 10.9. The minimum Gasteiger partial charge on any atom is -0.464 e. The number of nitrogens with zero attached hydrogens (tertiary/aromatic N) is 3. The molecule has 0 unspecified atom stereocenters. The third-order valence-corrected chi connectivity index (χ3v) is 5.99. The van der Waals surface area contributed by atoms with Crippen LogP contribution in [0, 0.1) is 10.1 Å². The summed E-state index contributed by atoms with van der Waals surface area (Å²) in [5, 5.41) is 17.1. The van der Waals surface area contributed by atoms with Crippen LogP contribution < -0.4 is 10.6 Å². The van der Waals surface area contributed by atoms with Gasteiger partial charge in [0.05, 0.1) is 17.2 Å². The molecule has 0 aliphatic carbocycles. The largest absolute Gasteiger partial charge is 0.464 e. The molecule has 0 fully saturated rings. The monoisotopic (exact) mass is 465 g/mol. The van der Waals surface area contributed by atoms with Crippen LogP contribution >= 0.6 is 23.5 Å². The number of nitro groups is 1. The third-order valence-electron chi connectivity index (χ3n) is 4.02. The van der Waals surface area contributed by atoms with Crippen LogP contribution in [0.15, 0.2) is 53.0 Å². The first-order valence-corrected chi connectivity index (χ1v) is 12.4. The first kappa shape index (κ1) is 25.1. The van der Waals surface area contributed by atoms with Crippen molar-refractivity contribution >= 4 is 23.5 Å². The Morgan fingerprint density at radius 2 is 1.87 bits per heavy atom. The number of thioether (sulfide) groups is 2. The van der Waals surface area contributed by atoms with Gasteiger partial charge in [0, 0.05) is 36.5 Å². The highest BCUT2D eigenvalue weighted by atomic mass is 32.2. The molecule has 0 saturated heterocycles. The zero-order valence-electron chi connectivity index (χ0n) is 18.1. The van der Waals surface area contributed by atoms with Gasteiger partial charge in [0.1, 0.15) is 11.5 Å². The van der Waals surface area contributed by atoms with Gasteiger partial charge in [0.2, 0.25) is 0 Å². The fourth-order valence-corrected chi connectivity index (χ4v) is 4.22. The van der Waals surface area contributed by atoms with Crippen LogP contribution in [0.1, 0.15) is 17.2 Å². The fraction of sp³-hybridized carbons (Fsp3) is 0.476. The highest BCUT2D eigenvalue weighted by Crippen LogP contribution is 2.16. The fourth-order valence-electron chi connectivity index (χ4n) is 2.67. The van der Waals surface area contributed by atoms with Crippen LogP contribution in [0.5, 0.6) is 0 Å². The molecular weight excluding hydrogens is 434 g/mol. The first-order valence-electron chi connectivity index (χ1n) is 10.1. The van der Waals surface area contributed by atoms with E-state index in [0.717, 1.165) is 59.4 Å². The third kappa shape index (κ3) is 11.7. The van der Waals surface area contributed by atoms with Crippen molar-refractivity contribution in [1.82, 2.24) is 20.5 Å². The van der Waals surface area contributed by atoms with Crippen molar-refractivity contribution in [3.8, 4) is 0 Å². The van der Waals surface area contributed by atoms with E-state index in [1.54, 1.807) is 29.7 Å². The van der Waals surface area contributed by atoms with Crippen molar-refractivity contribution in [1.29, 1.82) is 0 Å². The van der Waals surface area contributed by atoms with E-state index in [0.29, 0.717) is 18.9 Å². The summed E-state index contributed by atoms with van der Waals surface area (Å²) < 4.78 is 5.79. The summed E-state index contributed by atoms with van der Waals surface area (Å²) in [6.45, 7) is 2.08. The zero-order valence-corrected chi connectivity index (χ0v) is 19.7. The van der Waals surface area contributed by atoms with Crippen molar-refractivity contribution in [2.45, 2.75) is 18.7 Å². The number of pyridine rings is 1. The van der Waals surface area contributed by atoms with Gasteiger partial charge in [0.15, 0.2) is 5.82 Å². The standard InChI is InChI=1S/C21H31N5O3S2/c1-25(2)15-19-6-7-20(29-19)17-31-14-11-24-21(16-26(27)28)23-10-13-30-12-8-18-5-3-4-9-22-18/h3-7,9,16,23-24H,8,10-15,17H2,1-2H3. The molecule has 0 bridgehead atoms. The second-order valence-corrected chi connectivity index (χ2v) is 9.35. The van der Waals surface area contributed by atoms with Crippen LogP contribution in [0.3, 0.4) is 0 Å². The molecule has 2 aromatic rings. The second kappa shape index (κ2) is 14.8. The number of aryl methyl sites for hydroxylation is 1. The molecule has 2 N–H and O–H groups in total. The van der Waals surface area contributed by atoms with E-state index in [-0.39, 0.29) is 0 Å². The molecule has 31 heavy (non-hydrogen) atoms. The second-order valence-electron chi connectivity index (χ2n) is 7.02. The van der Waals surface area contributed by atoms with Crippen LogP contribution in [-0.4, -0.2) is 59.3 Å². The molecule has 2 rings (SSSR count). The molecule has 0 radical (unpaired) electrons. The van der Waals surface area contributed by atoms with Crippen LogP contribution in [0.25, 0.3) is 0 Å². The molecular formula is C21H31N5O3S2. The lowest BCUT2D eigenvalue weighted by atomic mass is 10.3. The Bertz CT molecular complexity index is 799. The Labute approximate surface area is 192 Å². The smallest absolute Gasteiger partial charge is 0.274 e. The SMILES string of the molecule is CN(C)Cc1ccc(CSCCNC(=C[N+](=O)[O-])NCCSCCc2ccccn2)o1. The molecule has 0 saturated carbocycles. The van der Waals surface area contributed by atoms with Crippen LogP contribution in [-0.2, 0) is 18.7 Å². The van der Waals surface area contributed by atoms with Gasteiger partial charge < -0.3 is 20.0 Å². The zero-order chi connectivity index (χ0) is 22.3. The predicted molar refractivity (Wildman–Crippen MR) is 129 cm³/mol. The van der Waals surface area contributed by atoms with Crippen molar-refractivity contribution in [2.24, 2.45) is 0 Å². The number of hydrogen-bond acceptors (Lipinski definition) is 9. The normalized spacial score (nSPS) is 11.6. The Morgan fingerprint density at radius 3 is 2.55 bits per heavy atom. The summed E-state index contributed by atoms with van der Waals surface area (Å²) >= 11 is 3.53. The van der Waals surface area contributed by atoms with E-state index in [9.17, 15) is 10.1 Å². The van der Waals surface area contributed by atoms with Crippen molar-refractivity contribution in [2.75, 3.05) is 44.4 Å². The Kier molecular flexibility index (Phi) is 12.0. The minimum absolute atomic E-state index is 0.439. The first-order chi connectivity index (χ1) is 15.0. The van der Waals surface area contributed by atoms with Gasteiger partial charge in [0.25, 0.3) is 6.20 Å². The average molecular weight is 466 g/mol. The molecule has 0 aliphatic rings. The maximum Gasteiger partial charge on any atom is 0.274 e.